The number of rotatable bonds is 1. The normalized spacial score (nSPS) is 26.3. The lowest BCUT2D eigenvalue weighted by molar-refractivity contribution is -0.159. The summed E-state index contributed by atoms with van der Waals surface area (Å²) in [5.41, 5.74) is 4.43. The van der Waals surface area contributed by atoms with Gasteiger partial charge >= 0.3 is 5.97 Å². The Balaban J connectivity index is 2.69. The van der Waals surface area contributed by atoms with E-state index in [-0.39, 0.29) is 5.97 Å². The largest absolute Gasteiger partial charge is 0.458 e. The Kier molecular flexibility index (Phi) is 2.81. The zero-order valence-corrected chi connectivity index (χ0v) is 8.91. The van der Waals surface area contributed by atoms with Crippen molar-refractivity contribution in [3.8, 4) is 0 Å². The first-order valence-corrected chi connectivity index (χ1v) is 4.70. The molecule has 2 N–H and O–H groups in total. The molecule has 0 radical (unpaired) electrons. The lowest BCUT2D eigenvalue weighted by Gasteiger charge is -2.29. The first kappa shape index (κ1) is 11.0. The molecule has 14 heavy (non-hydrogen) atoms. The van der Waals surface area contributed by atoms with Crippen molar-refractivity contribution in [1.82, 2.24) is 0 Å². The molecular formula is C11H17NO2. The molecule has 0 fully saturated rings. The van der Waals surface area contributed by atoms with E-state index < -0.39 is 11.1 Å². The molecule has 0 spiro atoms. The number of hydrogen-bond acceptors (Lipinski definition) is 3. The fourth-order valence-corrected chi connectivity index (χ4v) is 1.16. The molecule has 0 bridgehead atoms. The highest BCUT2D eigenvalue weighted by molar-refractivity contribution is 5.84. The van der Waals surface area contributed by atoms with Crippen LogP contribution in [0.1, 0.15) is 27.2 Å². The van der Waals surface area contributed by atoms with Crippen LogP contribution < -0.4 is 5.73 Å². The van der Waals surface area contributed by atoms with Crippen molar-refractivity contribution >= 4 is 5.97 Å². The lowest BCUT2D eigenvalue weighted by atomic mass is 9.92. The van der Waals surface area contributed by atoms with Crippen LogP contribution in [-0.2, 0) is 9.53 Å². The Morgan fingerprint density at radius 2 is 2.07 bits per heavy atom. The maximum absolute atomic E-state index is 11.7. The van der Waals surface area contributed by atoms with E-state index in [0.717, 1.165) is 0 Å². The summed E-state index contributed by atoms with van der Waals surface area (Å²) < 4.78 is 5.23. The summed E-state index contributed by atoms with van der Waals surface area (Å²) in [4.78, 5) is 11.7. The molecule has 0 aliphatic heterocycles. The Labute approximate surface area is 84.6 Å². The molecule has 1 rings (SSSR count). The Morgan fingerprint density at radius 1 is 1.43 bits per heavy atom. The standard InChI is InChI=1S/C11H17NO2/c1-10(2,3)14-9(13)11(12)7-5-4-6-8-11/h4-7H,8,12H2,1-3H3. The molecule has 0 saturated carbocycles. The van der Waals surface area contributed by atoms with Crippen LogP contribution in [0.3, 0.4) is 0 Å². The zero-order chi connectivity index (χ0) is 10.8. The van der Waals surface area contributed by atoms with Crippen LogP contribution in [0.4, 0.5) is 0 Å². The van der Waals surface area contributed by atoms with Gasteiger partial charge in [-0.3, -0.25) is 0 Å². The van der Waals surface area contributed by atoms with E-state index in [1.807, 2.05) is 32.9 Å². The summed E-state index contributed by atoms with van der Waals surface area (Å²) in [6.45, 7) is 5.49. The van der Waals surface area contributed by atoms with Crippen LogP contribution in [0.2, 0.25) is 0 Å². The van der Waals surface area contributed by atoms with Gasteiger partial charge in [0.15, 0.2) is 0 Å². The quantitative estimate of drug-likeness (QED) is 0.646. The average molecular weight is 195 g/mol. The van der Waals surface area contributed by atoms with Gasteiger partial charge in [0.2, 0.25) is 0 Å². The van der Waals surface area contributed by atoms with Gasteiger partial charge in [-0.15, -0.1) is 0 Å². The molecule has 0 aromatic rings. The molecule has 3 nitrogen and oxygen atoms in total. The van der Waals surface area contributed by atoms with E-state index in [2.05, 4.69) is 0 Å². The van der Waals surface area contributed by atoms with Gasteiger partial charge < -0.3 is 10.5 Å². The molecule has 1 aliphatic rings. The summed E-state index contributed by atoms with van der Waals surface area (Å²) in [5.74, 6) is -0.370. The molecule has 1 atom stereocenters. The summed E-state index contributed by atoms with van der Waals surface area (Å²) in [7, 11) is 0. The van der Waals surface area contributed by atoms with Crippen molar-refractivity contribution in [2.45, 2.75) is 38.3 Å². The second kappa shape index (κ2) is 3.58. The van der Waals surface area contributed by atoms with Crippen LogP contribution >= 0.6 is 0 Å². The number of allylic oxidation sites excluding steroid dienone is 2. The monoisotopic (exact) mass is 195 g/mol. The number of carbonyl (C=O) groups excluding carboxylic acids is 1. The molecular weight excluding hydrogens is 178 g/mol. The van der Waals surface area contributed by atoms with E-state index in [4.69, 9.17) is 10.5 Å². The SMILES string of the molecule is CC(C)(C)OC(=O)C1(N)C=CC=CC1. The van der Waals surface area contributed by atoms with Crippen molar-refractivity contribution in [3.05, 3.63) is 24.3 Å². The van der Waals surface area contributed by atoms with Gasteiger partial charge in [0.1, 0.15) is 11.1 Å². The summed E-state index contributed by atoms with van der Waals surface area (Å²) in [6, 6.07) is 0. The van der Waals surface area contributed by atoms with E-state index >= 15 is 0 Å². The van der Waals surface area contributed by atoms with Crippen LogP contribution in [0.5, 0.6) is 0 Å². The maximum Gasteiger partial charge on any atom is 0.331 e. The molecule has 3 heteroatoms. The summed E-state index contributed by atoms with van der Waals surface area (Å²) in [6.07, 6.45) is 7.69. The van der Waals surface area contributed by atoms with Crippen molar-refractivity contribution < 1.29 is 9.53 Å². The highest BCUT2D eigenvalue weighted by atomic mass is 16.6. The maximum atomic E-state index is 11.7. The third kappa shape index (κ3) is 2.70. The Hall–Kier alpha value is -1.09. The molecule has 0 heterocycles. The highest BCUT2D eigenvalue weighted by Crippen LogP contribution is 2.19. The second-order valence-electron chi connectivity index (χ2n) is 4.53. The summed E-state index contributed by atoms with van der Waals surface area (Å²) in [5, 5.41) is 0. The molecule has 1 unspecified atom stereocenters. The lowest BCUT2D eigenvalue weighted by Crippen LogP contribution is -2.49. The smallest absolute Gasteiger partial charge is 0.331 e. The number of esters is 1. The first-order chi connectivity index (χ1) is 6.33. The zero-order valence-electron chi connectivity index (χ0n) is 8.91. The van der Waals surface area contributed by atoms with Crippen LogP contribution in [0.25, 0.3) is 0 Å². The van der Waals surface area contributed by atoms with Gasteiger partial charge in [0.25, 0.3) is 0 Å². The Bertz CT molecular complexity index is 286. The van der Waals surface area contributed by atoms with Gasteiger partial charge in [-0.05, 0) is 27.2 Å². The number of nitrogens with two attached hydrogens (primary N) is 1. The molecule has 0 amide bonds. The van der Waals surface area contributed by atoms with Gasteiger partial charge in [0, 0.05) is 0 Å². The van der Waals surface area contributed by atoms with E-state index in [9.17, 15) is 4.79 Å². The highest BCUT2D eigenvalue weighted by Gasteiger charge is 2.35. The molecule has 1 aliphatic carbocycles. The Morgan fingerprint density at radius 3 is 2.50 bits per heavy atom. The number of carbonyl (C=O) groups is 1. The minimum atomic E-state index is -0.984. The molecule has 0 aromatic carbocycles. The minimum absolute atomic E-state index is 0.370. The first-order valence-electron chi connectivity index (χ1n) is 4.70. The topological polar surface area (TPSA) is 52.3 Å². The summed E-state index contributed by atoms with van der Waals surface area (Å²) >= 11 is 0. The van der Waals surface area contributed by atoms with E-state index in [0.29, 0.717) is 6.42 Å². The fourth-order valence-electron chi connectivity index (χ4n) is 1.16. The fraction of sp³-hybridized carbons (Fsp3) is 0.545. The van der Waals surface area contributed by atoms with Crippen molar-refractivity contribution in [2.24, 2.45) is 5.73 Å². The third-order valence-electron chi connectivity index (χ3n) is 1.88. The number of ether oxygens (including phenoxy) is 1. The predicted molar refractivity (Wildman–Crippen MR) is 55.7 cm³/mol. The van der Waals surface area contributed by atoms with Crippen LogP contribution in [-0.4, -0.2) is 17.1 Å². The predicted octanol–water partition coefficient (Wildman–Crippen LogP) is 1.54. The van der Waals surface area contributed by atoms with E-state index in [1.54, 1.807) is 12.2 Å². The third-order valence-corrected chi connectivity index (χ3v) is 1.88. The van der Waals surface area contributed by atoms with E-state index in [1.165, 1.54) is 0 Å². The van der Waals surface area contributed by atoms with Gasteiger partial charge in [-0.25, -0.2) is 4.79 Å². The van der Waals surface area contributed by atoms with Crippen LogP contribution in [0, 0.1) is 0 Å². The molecule has 0 saturated heterocycles. The van der Waals surface area contributed by atoms with Gasteiger partial charge in [0.05, 0.1) is 0 Å². The average Bonchev–Trinajstić information content (AvgIpc) is 2.02. The van der Waals surface area contributed by atoms with Crippen molar-refractivity contribution in [3.63, 3.8) is 0 Å². The minimum Gasteiger partial charge on any atom is -0.458 e. The van der Waals surface area contributed by atoms with Gasteiger partial charge in [-0.1, -0.05) is 24.3 Å². The second-order valence-corrected chi connectivity index (χ2v) is 4.53. The van der Waals surface area contributed by atoms with Crippen LogP contribution in [0.15, 0.2) is 24.3 Å². The number of hydrogen-bond donors (Lipinski definition) is 1. The molecule has 78 valence electrons. The van der Waals surface area contributed by atoms with Gasteiger partial charge in [-0.2, -0.15) is 0 Å². The van der Waals surface area contributed by atoms with Crippen molar-refractivity contribution in [1.29, 1.82) is 0 Å². The molecule has 0 aromatic heterocycles. The van der Waals surface area contributed by atoms with Crippen molar-refractivity contribution in [2.75, 3.05) is 0 Å².